The van der Waals surface area contributed by atoms with Crippen LogP contribution >= 0.6 is 92.2 Å². The number of halogens is 8. The Balaban J connectivity index is 0.000000237. The summed E-state index contributed by atoms with van der Waals surface area (Å²) in [5, 5.41) is 34.0. The monoisotopic (exact) mass is 2230 g/mol. The van der Waals surface area contributed by atoms with Crippen LogP contribution in [0.2, 0.25) is 30.4 Å². The maximum atomic E-state index is 13.1. The fourth-order valence-corrected chi connectivity index (χ4v) is 17.9. The molecule has 5 aliphatic rings. The van der Waals surface area contributed by atoms with Crippen molar-refractivity contribution in [3.63, 3.8) is 0 Å². The number of carboxylic acid groups (broad SMARTS) is 1. The van der Waals surface area contributed by atoms with E-state index in [2.05, 4.69) is 90.8 Å². The Morgan fingerprint density at radius 2 is 0.876 bits per heavy atom. The molecule has 0 spiro atoms. The van der Waals surface area contributed by atoms with Gasteiger partial charge >= 0.3 is 58.6 Å². The minimum atomic E-state index is -1.00. The maximum Gasteiger partial charge on any atom is 1.00 e. The van der Waals surface area contributed by atoms with E-state index < -0.39 is 13.1 Å². The van der Waals surface area contributed by atoms with Crippen molar-refractivity contribution in [1.29, 1.82) is 0 Å². The van der Waals surface area contributed by atoms with Crippen LogP contribution in [0, 0.1) is 29.6 Å². The first-order valence-electron chi connectivity index (χ1n) is 46.8. The number of alkyl halides is 2. The number of nitrogens with one attached hydrogen (secondary N) is 3. The molecule has 7 N–H and O–H groups in total. The van der Waals surface area contributed by atoms with Crippen LogP contribution in [0.5, 0.6) is 0 Å². The number of aliphatic hydroxyl groups excluding tert-OH is 1. The number of nitrogens with zero attached hydrogens (tertiary/aromatic N) is 15. The van der Waals surface area contributed by atoms with Crippen molar-refractivity contribution in [2.45, 2.75) is 204 Å². The summed E-state index contributed by atoms with van der Waals surface area (Å²) in [7, 11) is 2.29. The number of H-pyrrole nitrogens is 1. The number of carbonyl (C=O) groups excluding carboxylic acids is 3. The van der Waals surface area contributed by atoms with E-state index in [0.717, 1.165) is 97.6 Å². The number of nitrogen functional groups attached to an aromatic ring is 1. The van der Waals surface area contributed by atoms with Crippen molar-refractivity contribution in [3.8, 4) is 0 Å². The van der Waals surface area contributed by atoms with E-state index >= 15 is 0 Å². The molecule has 14 aromatic rings. The Morgan fingerprint density at radius 3 is 1.28 bits per heavy atom. The van der Waals surface area contributed by atoms with Crippen molar-refractivity contribution in [2.24, 2.45) is 43.7 Å². The number of aromatic nitrogens is 16. The van der Waals surface area contributed by atoms with E-state index in [1.807, 2.05) is 132 Å². The molecular weight excluding hydrogens is 2110 g/mol. The number of ketones is 2. The van der Waals surface area contributed by atoms with Gasteiger partial charge in [-0.15, -0.1) is 6.61 Å². The van der Waals surface area contributed by atoms with Gasteiger partial charge in [-0.1, -0.05) is 221 Å². The number of nitrogens with two attached hydrogens (primary N) is 1. The SMILES string of the molecule is C.C.CC(=O)c1c(N)ncn1Cc1ccc(Cl)cc1.CC(=O)c1c(NC(=O)NC2CC(OCc3ccccc3)C2)ncn1Cc1ccc(Cl)cc1.CC1CC(C(=O)O)C1.CC1CC(n2c(=O)[nH]c3ncn(Cc4ccc(Cl)cc4)c3c2=O)C1.CC1CC(n2c(=O)c3c(nc(Cl)n3Cc3ccc(Cl)cc3)n(C)c2=O)C1.CC1CC(n2c(=O)c3c(ncn3Cc3ccc(Cl)cc3)n(C)c2=O)C1.CCO.CC[O-].CI.[2H]CF.[Na+]. The van der Waals surface area contributed by atoms with E-state index in [1.54, 1.807) is 100 Å². The van der Waals surface area contributed by atoms with Crippen LogP contribution < -0.4 is 84.8 Å². The molecule has 8 heterocycles. The maximum absolute atomic E-state index is 13.1. The molecule has 0 saturated heterocycles. The van der Waals surface area contributed by atoms with Crippen LogP contribution in [-0.4, -0.2) is 147 Å². The minimum absolute atomic E-state index is 0. The van der Waals surface area contributed by atoms with Gasteiger partial charge in [0.1, 0.15) is 11.4 Å². The third kappa shape index (κ3) is 31.9. The van der Waals surface area contributed by atoms with Crippen molar-refractivity contribution in [2.75, 3.05) is 36.3 Å². The van der Waals surface area contributed by atoms with E-state index in [1.165, 1.54) is 36.7 Å². The quantitative estimate of drug-likeness (QED) is 0.0128. The molecule has 145 heavy (non-hydrogen) atoms. The Bertz CT molecular complexity index is 7010. The van der Waals surface area contributed by atoms with Gasteiger partial charge in [-0.25, -0.2) is 39.1 Å². The first-order valence-corrected chi connectivity index (χ1v) is 50.5. The summed E-state index contributed by atoms with van der Waals surface area (Å²) < 4.78 is 37.1. The van der Waals surface area contributed by atoms with Gasteiger partial charge in [0, 0.05) is 110 Å². The Hall–Kier alpha value is -10.7. The molecule has 774 valence electrons. The Labute approximate surface area is 907 Å². The summed E-state index contributed by atoms with van der Waals surface area (Å²) in [5.41, 5.74) is 13.0. The van der Waals surface area contributed by atoms with E-state index in [0.29, 0.717) is 133 Å². The van der Waals surface area contributed by atoms with Crippen LogP contribution in [0.4, 0.5) is 20.8 Å². The smallest absolute Gasteiger partial charge is 0.855 e. The van der Waals surface area contributed by atoms with Gasteiger partial charge in [-0.2, -0.15) is 4.98 Å². The number of hydrogen-bond donors (Lipinski definition) is 6. The van der Waals surface area contributed by atoms with E-state index in [4.69, 9.17) is 96.8 Å². The van der Waals surface area contributed by atoms with Gasteiger partial charge in [0.25, 0.3) is 16.7 Å². The number of anilines is 2. The van der Waals surface area contributed by atoms with Gasteiger partial charge in [-0.05, 0) is 205 Å². The van der Waals surface area contributed by atoms with Crippen LogP contribution in [-0.2, 0) is 63.0 Å². The summed E-state index contributed by atoms with van der Waals surface area (Å²) >= 11 is 38.0. The zero-order valence-corrected chi connectivity index (χ0v) is 90.2. The number of fused-ring (bicyclic) bond motifs is 3. The zero-order chi connectivity index (χ0) is 104. The Morgan fingerprint density at radius 1 is 0.517 bits per heavy atom. The molecule has 42 heteroatoms. The summed E-state index contributed by atoms with van der Waals surface area (Å²) in [6.07, 6.45) is 14.9. The number of aliphatic hydroxyl groups is 1. The number of carboxylic acids is 1. The number of urea groups is 1. The number of rotatable bonds is 21. The molecule has 6 aromatic carbocycles. The molecule has 0 bridgehead atoms. The molecule has 19 rings (SSSR count). The molecule has 5 fully saturated rings. The second-order valence-electron chi connectivity index (χ2n) is 35.4. The predicted octanol–water partition coefficient (Wildman–Crippen LogP) is 15.8. The van der Waals surface area contributed by atoms with Crippen LogP contribution in [0.25, 0.3) is 33.5 Å². The van der Waals surface area contributed by atoms with E-state index in [9.17, 15) is 52.3 Å². The van der Waals surface area contributed by atoms with Crippen LogP contribution in [0.1, 0.15) is 208 Å². The standard InChI is InChI=1S/C24H25ClN4O3.C18H18Cl2N4O2.C18H19ClN4O2.C17H17ClN4O2.C12H12ClN3O.C6H10O2.C2H6O.C2H5O.CH3F.CH3I.2CH4.Na/c1-16(30)22-23(26-15-29(22)13-17-7-9-19(25)10-8-17)28-24(31)27-20-11-21(12-20)32-14-18-5-3-2-4-6-18;1-10-7-13(8-10)24-16(25)14-15(22(2)18(24)26)21-17(20)23(14)9-11-3-5-12(19)6-4-11;1-11-7-14(8-11)23-17(24)15-16(21(2)18(23)25)20-10-22(15)9-12-3-5-13(19)6-4-12;1-10-6-13(7-10)22-16(23)14-15(20-17(22)24)19-9-21(14)8-11-2-4-12(18)5-3-11;1-8(17)11-12(14)15-7-16(11)6-9-2-4-10(13)5-3-9;1-4-2-5(3-4)6(7)8;2*1-2-3;2*1-2;;;/h2-10,15,20-21H,11-14H2,1H3,(H2,27,28,31);3-6,10,13H,7-9H2,1-2H3;3-6,10-11,14H,7-9H2,1-2H3;2-5,9-10,13H,6-8H2,1H3,(H,20,24);2-5,7H,6,14H2,1H3;4-5H,2-3H2,1H3,(H,7,8);3H,2H2,1H3;2H2,1H3;2*1H3;2*1H4;/q;;;;;;;-1;;;;;+1/i;;;;;;;;1D;;;;. The first-order chi connectivity index (χ1) is 68.3. The average molecular weight is 2240 g/mol. The number of amides is 2. The predicted molar refractivity (Wildman–Crippen MR) is 576 cm³/mol. The van der Waals surface area contributed by atoms with Gasteiger partial charge in [-0.3, -0.25) is 66.3 Å². The fourth-order valence-electron chi connectivity index (χ4n) is 17.1. The van der Waals surface area contributed by atoms with Gasteiger partial charge < -0.3 is 53.9 Å². The van der Waals surface area contributed by atoms with Crippen LogP contribution in [0.15, 0.2) is 206 Å². The number of hydrogen-bond acceptors (Lipinski definition) is 19. The number of Topliss-reactive ketones (excluding diaryl/α,β-unsaturated/α-hetero) is 2. The Kier molecular flexibility index (Phi) is 47.5. The van der Waals surface area contributed by atoms with Gasteiger partial charge in [0.15, 0.2) is 56.7 Å². The number of carbonyl (C=O) groups is 4. The topological polar surface area (TPSA) is 423 Å². The third-order valence-corrected chi connectivity index (χ3v) is 26.0. The molecular formula is C103H126Cl6FIN19NaO14. The molecule has 5 saturated carbocycles. The minimum Gasteiger partial charge on any atom is -0.855 e. The summed E-state index contributed by atoms with van der Waals surface area (Å²) in [4.78, 5) is 148. The molecule has 0 unspecified atom stereocenters. The second-order valence-corrected chi connectivity index (χ2v) is 37.9. The molecule has 2 amide bonds. The molecule has 33 nitrogen and oxygen atoms in total. The molecule has 8 aromatic heterocycles. The summed E-state index contributed by atoms with van der Waals surface area (Å²) in [6.45, 7) is 17.8. The number of aryl methyl sites for hydroxylation is 2. The van der Waals surface area contributed by atoms with Crippen molar-refractivity contribution in [1.82, 2.24) is 80.9 Å². The molecule has 0 radical (unpaired) electrons. The summed E-state index contributed by atoms with van der Waals surface area (Å²) in [5.74, 6) is 1.89. The molecule has 5 aliphatic carbocycles. The molecule has 0 aliphatic heterocycles. The number of benzene rings is 6. The molecule has 0 atom stereocenters. The van der Waals surface area contributed by atoms with Gasteiger partial charge in [0.2, 0.25) is 5.28 Å². The average Bonchev–Trinajstić information content (AvgIpc) is 1.57. The number of aromatic amines is 1. The number of imidazole rings is 5. The first kappa shape index (κ1) is 120. The number of aliphatic carboxylic acids is 1. The van der Waals surface area contributed by atoms with Crippen molar-refractivity contribution in [3.05, 3.63) is 315 Å². The fraction of sp³-hybridized carbons (Fsp3) is 0.408. The van der Waals surface area contributed by atoms with E-state index in [-0.39, 0.29) is 162 Å². The third-order valence-electron chi connectivity index (χ3n) is 24.4. The van der Waals surface area contributed by atoms with Gasteiger partial charge in [0.05, 0.1) is 59.0 Å². The van der Waals surface area contributed by atoms with Crippen molar-refractivity contribution < 1.29 is 74.6 Å². The number of ether oxygens (including phenoxy) is 1. The van der Waals surface area contributed by atoms with Crippen LogP contribution in [0.3, 0.4) is 0 Å². The second kappa shape index (κ2) is 57.6. The summed E-state index contributed by atoms with van der Waals surface area (Å²) in [6, 6.07) is 46.6. The largest absolute Gasteiger partial charge is 1.00 e. The van der Waals surface area contributed by atoms with Crippen molar-refractivity contribution >= 4 is 161 Å². The normalized spacial score (nSPS) is 17.8. The zero-order valence-electron chi connectivity index (χ0n) is 82.6.